The Hall–Kier alpha value is -1.35. The summed E-state index contributed by atoms with van der Waals surface area (Å²) >= 11 is 0. The van der Waals surface area contributed by atoms with Crippen LogP contribution in [0.4, 0.5) is 0 Å². The van der Waals surface area contributed by atoms with Gasteiger partial charge in [-0.05, 0) is 31.5 Å². The number of nitrogens with two attached hydrogens (primary N) is 1. The zero-order chi connectivity index (χ0) is 16.8. The molecule has 3 nitrogen and oxygen atoms in total. The highest BCUT2D eigenvalue weighted by atomic mass is 16.1. The van der Waals surface area contributed by atoms with Crippen molar-refractivity contribution in [1.29, 1.82) is 0 Å². The molecule has 1 atom stereocenters. The van der Waals surface area contributed by atoms with E-state index in [4.69, 9.17) is 12.6 Å². The van der Waals surface area contributed by atoms with E-state index < -0.39 is 25.2 Å². The fourth-order valence-corrected chi connectivity index (χ4v) is 1.27. The van der Waals surface area contributed by atoms with Crippen LogP contribution in [0.25, 0.3) is 0 Å². The van der Waals surface area contributed by atoms with Crippen LogP contribution in [0.3, 0.4) is 0 Å². The molecule has 0 aliphatic rings. The van der Waals surface area contributed by atoms with E-state index in [0.717, 1.165) is 0 Å². The van der Waals surface area contributed by atoms with Gasteiger partial charge in [0.25, 0.3) is 5.91 Å². The molecule has 3 heteroatoms. The molecule has 3 N–H and O–H groups in total. The molecule has 1 rings (SSSR count). The van der Waals surface area contributed by atoms with Crippen LogP contribution in [0, 0.1) is 0 Å². The van der Waals surface area contributed by atoms with E-state index in [1.165, 1.54) is 12.1 Å². The molecule has 1 aromatic carbocycles. The molecule has 0 aromatic heterocycles. The maximum atomic E-state index is 12.0. The van der Waals surface area contributed by atoms with Gasteiger partial charge in [-0.3, -0.25) is 4.79 Å². The minimum Gasteiger partial charge on any atom is -0.352 e. The summed E-state index contributed by atoms with van der Waals surface area (Å²) in [4.78, 5) is 12.0. The molecule has 0 fully saturated rings. The van der Waals surface area contributed by atoms with E-state index in [0.29, 0.717) is 19.4 Å². The van der Waals surface area contributed by atoms with Crippen LogP contribution < -0.4 is 11.1 Å². The molecule has 0 saturated carbocycles. The van der Waals surface area contributed by atoms with Crippen LogP contribution in [0.1, 0.15) is 49.2 Å². The summed E-state index contributed by atoms with van der Waals surface area (Å²) in [5.74, 6) is -0.705. The lowest BCUT2D eigenvalue weighted by molar-refractivity contribution is 0.0953. The molecular formula is C14H22N2O. The lowest BCUT2D eigenvalue weighted by Gasteiger charge is -2.04. The number of unbranched alkanes of at least 4 members (excludes halogenated alkanes) is 1. The molecule has 0 bridgehead atoms. The van der Waals surface area contributed by atoms with Gasteiger partial charge in [-0.1, -0.05) is 37.4 Å². The van der Waals surface area contributed by atoms with Crippen LogP contribution in [-0.2, 0) is 0 Å². The second-order valence-corrected chi connectivity index (χ2v) is 3.58. The lowest BCUT2D eigenvalue weighted by Crippen LogP contribution is -2.24. The highest BCUT2D eigenvalue weighted by molar-refractivity contribution is 5.94. The third-order valence-electron chi connectivity index (χ3n) is 2.19. The number of hydrogen-bond acceptors (Lipinski definition) is 2. The summed E-state index contributed by atoms with van der Waals surface area (Å²) in [6, 6.07) is 8.03. The van der Waals surface area contributed by atoms with E-state index in [1.54, 1.807) is 18.2 Å². The Morgan fingerprint density at radius 1 is 1.24 bits per heavy atom. The summed E-state index contributed by atoms with van der Waals surface area (Å²) < 4.78 is 39.3. The minimum absolute atomic E-state index is 0.185. The smallest absolute Gasteiger partial charge is 0.251 e. The molecule has 17 heavy (non-hydrogen) atoms. The van der Waals surface area contributed by atoms with E-state index in [9.17, 15) is 4.79 Å². The van der Waals surface area contributed by atoms with E-state index in [-0.39, 0.29) is 12.0 Å². The van der Waals surface area contributed by atoms with Gasteiger partial charge in [0.2, 0.25) is 0 Å². The molecule has 0 heterocycles. The highest BCUT2D eigenvalue weighted by Gasteiger charge is 2.02. The SMILES string of the molecule is [2H]C(CCCCN)C([2H])([2H])C([2H])([2H])NC(=O)c1ccccc1. The molecule has 0 aliphatic heterocycles. The van der Waals surface area contributed by atoms with Crippen LogP contribution in [0.2, 0.25) is 0 Å². The summed E-state index contributed by atoms with van der Waals surface area (Å²) in [6.07, 6.45) is -2.40. The second kappa shape index (κ2) is 8.76. The summed E-state index contributed by atoms with van der Waals surface area (Å²) in [5.41, 5.74) is 5.60. The van der Waals surface area contributed by atoms with Crippen molar-refractivity contribution in [2.75, 3.05) is 13.0 Å². The van der Waals surface area contributed by atoms with Crippen molar-refractivity contribution in [2.24, 2.45) is 5.73 Å². The number of rotatable bonds is 8. The first-order valence-corrected chi connectivity index (χ1v) is 5.72. The average molecular weight is 239 g/mol. The predicted octanol–water partition coefficient (Wildman–Crippen LogP) is 2.33. The van der Waals surface area contributed by atoms with Gasteiger partial charge in [-0.25, -0.2) is 0 Å². The Morgan fingerprint density at radius 2 is 2.00 bits per heavy atom. The molecule has 0 radical (unpaired) electrons. The first-order chi connectivity index (χ1) is 10.2. The molecule has 0 aliphatic carbocycles. The van der Waals surface area contributed by atoms with Crippen LogP contribution in [0.5, 0.6) is 0 Å². The molecule has 1 amide bonds. The van der Waals surface area contributed by atoms with Gasteiger partial charge in [0.1, 0.15) is 0 Å². The van der Waals surface area contributed by atoms with Crippen molar-refractivity contribution in [3.63, 3.8) is 0 Å². The normalized spacial score (nSPS) is 18.1. The van der Waals surface area contributed by atoms with E-state index in [1.807, 2.05) is 0 Å². The molecule has 94 valence electrons. The van der Waals surface area contributed by atoms with Gasteiger partial charge >= 0.3 is 0 Å². The van der Waals surface area contributed by atoms with Crippen molar-refractivity contribution >= 4 is 5.91 Å². The first-order valence-electron chi connectivity index (χ1n) is 8.30. The van der Waals surface area contributed by atoms with Crippen molar-refractivity contribution in [3.8, 4) is 0 Å². The van der Waals surface area contributed by atoms with Crippen molar-refractivity contribution in [1.82, 2.24) is 5.32 Å². The Balaban J connectivity index is 2.76. The summed E-state index contributed by atoms with van der Waals surface area (Å²) in [6.45, 7) is -2.19. The maximum absolute atomic E-state index is 12.0. The number of hydrogen-bond donors (Lipinski definition) is 2. The molecule has 0 spiro atoms. The largest absolute Gasteiger partial charge is 0.352 e. The van der Waals surface area contributed by atoms with Crippen LogP contribution in [0.15, 0.2) is 30.3 Å². The summed E-state index contributed by atoms with van der Waals surface area (Å²) in [5, 5.41) is 2.06. The molecule has 0 saturated heterocycles. The molecular weight excluding hydrogens is 212 g/mol. The van der Waals surface area contributed by atoms with Crippen molar-refractivity contribution < 1.29 is 11.6 Å². The number of carbonyl (C=O) groups is 1. The quantitative estimate of drug-likeness (QED) is 0.684. The topological polar surface area (TPSA) is 55.1 Å². The van der Waals surface area contributed by atoms with Gasteiger partial charge in [0.15, 0.2) is 0 Å². The standard InChI is InChI=1S/C14H22N2O/c15-11-7-2-1-3-8-12-16-14(17)13-9-5-4-6-10-13/h4-6,9-10H,1-3,7-8,11-12,15H2,(H,16,17)/i3D,8D2,12D2. The van der Waals surface area contributed by atoms with Crippen LogP contribution in [-0.4, -0.2) is 18.9 Å². The zero-order valence-corrected chi connectivity index (χ0v) is 9.78. The third-order valence-corrected chi connectivity index (χ3v) is 2.19. The monoisotopic (exact) mass is 239 g/mol. The van der Waals surface area contributed by atoms with Gasteiger partial charge in [-0.15, -0.1) is 0 Å². The van der Waals surface area contributed by atoms with Gasteiger partial charge < -0.3 is 11.1 Å². The Labute approximate surface area is 110 Å². The van der Waals surface area contributed by atoms with Crippen molar-refractivity contribution in [2.45, 2.75) is 32.0 Å². The minimum atomic E-state index is -2.64. The fourth-order valence-electron chi connectivity index (χ4n) is 1.27. The average Bonchev–Trinajstić information content (AvgIpc) is 2.47. The van der Waals surface area contributed by atoms with Gasteiger partial charge in [0, 0.05) is 18.9 Å². The third kappa shape index (κ3) is 6.07. The van der Waals surface area contributed by atoms with E-state index >= 15 is 0 Å². The number of benzene rings is 1. The Kier molecular flexibility index (Phi) is 4.06. The highest BCUT2D eigenvalue weighted by Crippen LogP contribution is 2.02. The fraction of sp³-hybridized carbons (Fsp3) is 0.500. The summed E-state index contributed by atoms with van der Waals surface area (Å²) in [7, 11) is 0. The predicted molar refractivity (Wildman–Crippen MR) is 70.9 cm³/mol. The number of carbonyl (C=O) groups excluding carboxylic acids is 1. The second-order valence-electron chi connectivity index (χ2n) is 3.58. The van der Waals surface area contributed by atoms with Crippen LogP contribution >= 0.6 is 0 Å². The van der Waals surface area contributed by atoms with Crippen molar-refractivity contribution in [3.05, 3.63) is 35.9 Å². The molecule has 1 unspecified atom stereocenters. The number of nitrogens with one attached hydrogen (secondary N) is 1. The first kappa shape index (κ1) is 7.88. The zero-order valence-electron chi connectivity index (χ0n) is 14.8. The lowest BCUT2D eigenvalue weighted by atomic mass is 10.1. The molecule has 1 aromatic rings. The van der Waals surface area contributed by atoms with Gasteiger partial charge in [0.05, 0.1) is 0 Å². The Morgan fingerprint density at radius 3 is 2.71 bits per heavy atom. The van der Waals surface area contributed by atoms with E-state index in [2.05, 4.69) is 5.32 Å². The maximum Gasteiger partial charge on any atom is 0.251 e. The Bertz CT molecular complexity index is 481. The van der Waals surface area contributed by atoms with Gasteiger partial charge in [-0.2, -0.15) is 0 Å². The number of amides is 1.